The van der Waals surface area contributed by atoms with E-state index in [9.17, 15) is 8.42 Å². The molecule has 0 bridgehead atoms. The van der Waals surface area contributed by atoms with Crippen molar-refractivity contribution in [1.82, 2.24) is 4.31 Å². The van der Waals surface area contributed by atoms with Gasteiger partial charge >= 0.3 is 0 Å². The molecule has 19 heavy (non-hydrogen) atoms. The minimum Gasteiger partial charge on any atom is -0.399 e. The van der Waals surface area contributed by atoms with Crippen molar-refractivity contribution < 1.29 is 8.42 Å². The van der Waals surface area contributed by atoms with Crippen molar-refractivity contribution in [1.29, 1.82) is 5.26 Å². The molecule has 6 heteroatoms. The van der Waals surface area contributed by atoms with Gasteiger partial charge in [0.25, 0.3) is 0 Å². The van der Waals surface area contributed by atoms with Crippen LogP contribution in [0.15, 0.2) is 23.1 Å². The van der Waals surface area contributed by atoms with Crippen LogP contribution in [0.5, 0.6) is 0 Å². The number of anilines is 1. The molecule has 0 atom stereocenters. The molecule has 5 nitrogen and oxygen atoms in total. The van der Waals surface area contributed by atoms with Crippen LogP contribution in [0.4, 0.5) is 5.69 Å². The van der Waals surface area contributed by atoms with E-state index in [1.165, 1.54) is 22.5 Å². The standard InChI is InChI=1S/C13H17N3O2S/c1-10-4-6-16(7-5-10)19(17,18)13-3-2-12(15)8-11(13)9-14/h2-3,8,10H,4-7,15H2,1H3. The van der Waals surface area contributed by atoms with E-state index >= 15 is 0 Å². The largest absolute Gasteiger partial charge is 0.399 e. The van der Waals surface area contributed by atoms with Crippen molar-refractivity contribution in [2.45, 2.75) is 24.7 Å². The molecule has 0 saturated carbocycles. The molecule has 0 aliphatic carbocycles. The second-order valence-corrected chi connectivity index (χ2v) is 6.86. The van der Waals surface area contributed by atoms with Gasteiger partial charge in [0.1, 0.15) is 11.0 Å². The monoisotopic (exact) mass is 279 g/mol. The zero-order valence-corrected chi connectivity index (χ0v) is 11.7. The molecule has 1 heterocycles. The average Bonchev–Trinajstić information content (AvgIpc) is 2.38. The lowest BCUT2D eigenvalue weighted by Gasteiger charge is -2.29. The molecule has 102 valence electrons. The number of rotatable bonds is 2. The van der Waals surface area contributed by atoms with E-state index in [-0.39, 0.29) is 10.5 Å². The van der Waals surface area contributed by atoms with E-state index in [0.29, 0.717) is 24.7 Å². The van der Waals surface area contributed by atoms with Crippen LogP contribution in [0.2, 0.25) is 0 Å². The molecule has 0 unspecified atom stereocenters. The molecule has 0 amide bonds. The molecule has 2 rings (SSSR count). The lowest BCUT2D eigenvalue weighted by Crippen LogP contribution is -2.38. The fraction of sp³-hybridized carbons (Fsp3) is 0.462. The minimum absolute atomic E-state index is 0.0544. The summed E-state index contributed by atoms with van der Waals surface area (Å²) in [5.41, 5.74) is 6.08. The van der Waals surface area contributed by atoms with Gasteiger partial charge in [-0.2, -0.15) is 9.57 Å². The summed E-state index contributed by atoms with van der Waals surface area (Å²) >= 11 is 0. The number of nitrogens with two attached hydrogens (primary N) is 1. The highest BCUT2D eigenvalue weighted by Crippen LogP contribution is 2.26. The Labute approximate surface area is 113 Å². The molecule has 1 aromatic carbocycles. The third kappa shape index (κ3) is 2.72. The van der Waals surface area contributed by atoms with Crippen LogP contribution in [0.1, 0.15) is 25.3 Å². The maximum Gasteiger partial charge on any atom is 0.244 e. The van der Waals surface area contributed by atoms with Crippen molar-refractivity contribution in [3.05, 3.63) is 23.8 Å². The summed E-state index contributed by atoms with van der Waals surface area (Å²) in [6.07, 6.45) is 1.71. The van der Waals surface area contributed by atoms with Crippen LogP contribution >= 0.6 is 0 Å². The second-order valence-electron chi connectivity index (χ2n) is 4.95. The number of hydrogen-bond donors (Lipinski definition) is 1. The van der Waals surface area contributed by atoms with Crippen molar-refractivity contribution in [2.24, 2.45) is 5.92 Å². The molecule has 0 aromatic heterocycles. The SMILES string of the molecule is CC1CCN(S(=O)(=O)c2ccc(N)cc2C#N)CC1. The van der Waals surface area contributed by atoms with E-state index in [4.69, 9.17) is 11.0 Å². The number of piperidine rings is 1. The lowest BCUT2D eigenvalue weighted by molar-refractivity contribution is 0.288. The molecule has 2 N–H and O–H groups in total. The van der Waals surface area contributed by atoms with Gasteiger partial charge in [0.2, 0.25) is 10.0 Å². The lowest BCUT2D eigenvalue weighted by atomic mass is 10.0. The highest BCUT2D eigenvalue weighted by atomic mass is 32.2. The molecule has 0 spiro atoms. The molecule has 0 radical (unpaired) electrons. The van der Waals surface area contributed by atoms with Gasteiger partial charge in [0.05, 0.1) is 5.56 Å². The van der Waals surface area contributed by atoms with E-state index in [2.05, 4.69) is 6.92 Å². The van der Waals surface area contributed by atoms with E-state index in [0.717, 1.165) is 12.8 Å². The van der Waals surface area contributed by atoms with Crippen LogP contribution in [0.3, 0.4) is 0 Å². The maximum atomic E-state index is 12.5. The molecule has 1 aromatic rings. The van der Waals surface area contributed by atoms with Crippen LogP contribution in [0, 0.1) is 17.2 Å². The van der Waals surface area contributed by atoms with Crippen molar-refractivity contribution >= 4 is 15.7 Å². The Kier molecular flexibility index (Phi) is 3.78. The Hall–Kier alpha value is -1.58. The van der Waals surface area contributed by atoms with Gasteiger partial charge in [-0.15, -0.1) is 0 Å². The first-order valence-electron chi connectivity index (χ1n) is 6.25. The van der Waals surface area contributed by atoms with Crippen LogP contribution in [-0.2, 0) is 10.0 Å². The van der Waals surface area contributed by atoms with Gasteiger partial charge in [0.15, 0.2) is 0 Å². The van der Waals surface area contributed by atoms with Gasteiger partial charge in [0, 0.05) is 18.8 Å². The Morgan fingerprint density at radius 2 is 2.00 bits per heavy atom. The zero-order chi connectivity index (χ0) is 14.0. The fourth-order valence-corrected chi connectivity index (χ4v) is 3.82. The van der Waals surface area contributed by atoms with Gasteiger partial charge in [-0.05, 0) is 37.0 Å². The van der Waals surface area contributed by atoms with Crippen LogP contribution in [0.25, 0.3) is 0 Å². The Bertz CT molecular complexity index is 611. The van der Waals surface area contributed by atoms with Crippen LogP contribution in [-0.4, -0.2) is 25.8 Å². The summed E-state index contributed by atoms with van der Waals surface area (Å²) in [5, 5.41) is 9.06. The number of benzene rings is 1. The molecule has 1 saturated heterocycles. The normalized spacial score (nSPS) is 18.1. The number of nitriles is 1. The summed E-state index contributed by atoms with van der Waals surface area (Å²) in [7, 11) is -3.59. The van der Waals surface area contributed by atoms with Gasteiger partial charge in [-0.3, -0.25) is 0 Å². The van der Waals surface area contributed by atoms with Crippen molar-refractivity contribution in [3.8, 4) is 6.07 Å². The van der Waals surface area contributed by atoms with Crippen molar-refractivity contribution in [2.75, 3.05) is 18.8 Å². The van der Waals surface area contributed by atoms with E-state index in [1.54, 1.807) is 0 Å². The van der Waals surface area contributed by atoms with Gasteiger partial charge < -0.3 is 5.73 Å². The average molecular weight is 279 g/mol. The first-order valence-corrected chi connectivity index (χ1v) is 7.69. The maximum absolute atomic E-state index is 12.5. The first-order chi connectivity index (χ1) is 8.95. The summed E-state index contributed by atoms with van der Waals surface area (Å²) in [4.78, 5) is 0.0544. The third-order valence-corrected chi connectivity index (χ3v) is 5.44. The van der Waals surface area contributed by atoms with E-state index < -0.39 is 10.0 Å². The quantitative estimate of drug-likeness (QED) is 0.832. The second kappa shape index (κ2) is 5.19. The zero-order valence-electron chi connectivity index (χ0n) is 10.8. The smallest absolute Gasteiger partial charge is 0.244 e. The topological polar surface area (TPSA) is 87.2 Å². The van der Waals surface area contributed by atoms with Crippen molar-refractivity contribution in [3.63, 3.8) is 0 Å². The number of hydrogen-bond acceptors (Lipinski definition) is 4. The minimum atomic E-state index is -3.59. The highest BCUT2D eigenvalue weighted by Gasteiger charge is 2.29. The summed E-state index contributed by atoms with van der Waals surface area (Å²) < 4.78 is 26.5. The third-order valence-electron chi connectivity index (χ3n) is 3.48. The molecule has 1 aliphatic heterocycles. The fourth-order valence-electron chi connectivity index (χ4n) is 2.22. The first kappa shape index (κ1) is 13.8. The highest BCUT2D eigenvalue weighted by molar-refractivity contribution is 7.89. The van der Waals surface area contributed by atoms with Crippen LogP contribution < -0.4 is 5.73 Å². The van der Waals surface area contributed by atoms with E-state index in [1.807, 2.05) is 6.07 Å². The Morgan fingerprint density at radius 3 is 2.58 bits per heavy atom. The number of nitrogen functional groups attached to an aromatic ring is 1. The summed E-state index contributed by atoms with van der Waals surface area (Å²) in [6, 6.07) is 6.24. The molecular weight excluding hydrogens is 262 g/mol. The predicted octanol–water partition coefficient (Wildman–Crippen LogP) is 1.56. The Balaban J connectivity index is 2.38. The van der Waals surface area contributed by atoms with Gasteiger partial charge in [-0.1, -0.05) is 6.92 Å². The number of nitrogens with zero attached hydrogens (tertiary/aromatic N) is 2. The summed E-state index contributed by atoms with van der Waals surface area (Å²) in [5.74, 6) is 0.549. The summed E-state index contributed by atoms with van der Waals surface area (Å²) in [6.45, 7) is 3.14. The Morgan fingerprint density at radius 1 is 1.37 bits per heavy atom. The molecule has 1 aliphatic rings. The number of sulfonamides is 1. The molecular formula is C13H17N3O2S. The molecule has 1 fully saturated rings. The van der Waals surface area contributed by atoms with Gasteiger partial charge in [-0.25, -0.2) is 8.42 Å². The predicted molar refractivity (Wildman–Crippen MR) is 72.7 cm³/mol.